The third kappa shape index (κ3) is 2.93. The Morgan fingerprint density at radius 3 is 2.74 bits per heavy atom. The van der Waals surface area contributed by atoms with Gasteiger partial charge in [-0.15, -0.1) is 0 Å². The summed E-state index contributed by atoms with van der Waals surface area (Å²) in [6.45, 7) is 1.24. The molecular weight excluding hydrogens is 294 g/mol. The van der Waals surface area contributed by atoms with Crippen LogP contribution in [0, 0.1) is 0 Å². The monoisotopic (exact) mass is 313 g/mol. The highest BCUT2D eigenvalue weighted by molar-refractivity contribution is 5.79. The Bertz CT molecular complexity index is 706. The molecule has 2 aromatic rings. The normalized spacial score (nSPS) is 21.0. The Labute approximate surface area is 134 Å². The number of methoxy groups -OCH3 is 1. The number of hydrogen-bond acceptors (Lipinski definition) is 5. The lowest BCUT2D eigenvalue weighted by molar-refractivity contribution is -0.128. The molecule has 2 heterocycles. The van der Waals surface area contributed by atoms with Gasteiger partial charge in [-0.05, 0) is 30.5 Å². The van der Waals surface area contributed by atoms with E-state index < -0.39 is 0 Å². The number of benzene rings is 1. The number of nitrogens with zero attached hydrogens (tertiary/aromatic N) is 3. The van der Waals surface area contributed by atoms with Gasteiger partial charge in [0.1, 0.15) is 5.75 Å². The second-order valence-corrected chi connectivity index (χ2v) is 6.29. The van der Waals surface area contributed by atoms with Crippen LogP contribution < -0.4 is 4.74 Å². The van der Waals surface area contributed by atoms with Crippen LogP contribution in [0.4, 0.5) is 0 Å². The van der Waals surface area contributed by atoms with Crippen LogP contribution in [0.5, 0.6) is 5.75 Å². The van der Waals surface area contributed by atoms with E-state index >= 15 is 0 Å². The summed E-state index contributed by atoms with van der Waals surface area (Å²) in [7, 11) is 1.64. The number of likely N-dealkylation sites (tertiary alicyclic amines) is 1. The third-order valence-electron chi connectivity index (χ3n) is 4.50. The first-order valence-electron chi connectivity index (χ1n) is 7.97. The molecule has 0 bridgehead atoms. The van der Waals surface area contributed by atoms with Gasteiger partial charge in [-0.1, -0.05) is 17.3 Å². The van der Waals surface area contributed by atoms with Gasteiger partial charge in [0.25, 0.3) is 0 Å². The fourth-order valence-electron chi connectivity index (χ4n) is 2.96. The molecule has 1 amide bonds. The van der Waals surface area contributed by atoms with Crippen molar-refractivity contribution in [2.45, 2.75) is 37.6 Å². The molecule has 0 spiro atoms. The maximum Gasteiger partial charge on any atom is 0.232 e. The highest BCUT2D eigenvalue weighted by Crippen LogP contribution is 2.39. The fourth-order valence-corrected chi connectivity index (χ4v) is 2.96. The maximum atomic E-state index is 12.2. The summed E-state index contributed by atoms with van der Waals surface area (Å²) < 4.78 is 10.5. The average molecular weight is 313 g/mol. The number of rotatable bonds is 5. The van der Waals surface area contributed by atoms with Crippen molar-refractivity contribution in [3.8, 4) is 5.75 Å². The van der Waals surface area contributed by atoms with Crippen molar-refractivity contribution < 1.29 is 14.1 Å². The van der Waals surface area contributed by atoms with Crippen LogP contribution in [0.2, 0.25) is 0 Å². The minimum atomic E-state index is 0.0146. The summed E-state index contributed by atoms with van der Waals surface area (Å²) in [6, 6.07) is 7.79. The first-order chi connectivity index (χ1) is 11.2. The number of carbonyl (C=O) groups is 1. The standard InChI is InChI=1S/C17H19N3O3/c1-22-14-6-2-11(3-7-14)9-20-10-13(8-15(20)21)17-18-16(19-23-17)12-4-5-12/h2-3,6-7,12-13H,4-5,8-10H2,1H3. The van der Waals surface area contributed by atoms with Gasteiger partial charge in [-0.25, -0.2) is 0 Å². The van der Waals surface area contributed by atoms with Crippen LogP contribution in [-0.2, 0) is 11.3 Å². The largest absolute Gasteiger partial charge is 0.497 e. The maximum absolute atomic E-state index is 12.2. The van der Waals surface area contributed by atoms with Gasteiger partial charge in [0, 0.05) is 25.4 Å². The molecule has 1 saturated carbocycles. The van der Waals surface area contributed by atoms with Crippen LogP contribution in [0.25, 0.3) is 0 Å². The molecule has 120 valence electrons. The van der Waals surface area contributed by atoms with Gasteiger partial charge < -0.3 is 14.2 Å². The molecule has 1 aliphatic carbocycles. The molecule has 1 aliphatic heterocycles. The molecule has 0 radical (unpaired) electrons. The van der Waals surface area contributed by atoms with E-state index in [0.29, 0.717) is 31.3 Å². The van der Waals surface area contributed by atoms with Crippen LogP contribution in [0.3, 0.4) is 0 Å². The highest BCUT2D eigenvalue weighted by atomic mass is 16.5. The average Bonchev–Trinajstić information content (AvgIpc) is 3.19. The van der Waals surface area contributed by atoms with E-state index in [1.54, 1.807) is 7.11 Å². The molecule has 1 unspecified atom stereocenters. The molecule has 1 atom stereocenters. The van der Waals surface area contributed by atoms with Gasteiger partial charge >= 0.3 is 0 Å². The van der Waals surface area contributed by atoms with Gasteiger partial charge in [0.15, 0.2) is 5.82 Å². The summed E-state index contributed by atoms with van der Waals surface area (Å²) >= 11 is 0. The topological polar surface area (TPSA) is 68.5 Å². The Hall–Kier alpha value is -2.37. The van der Waals surface area contributed by atoms with Crippen molar-refractivity contribution in [1.29, 1.82) is 0 Å². The van der Waals surface area contributed by atoms with E-state index in [2.05, 4.69) is 10.1 Å². The van der Waals surface area contributed by atoms with Crippen molar-refractivity contribution in [3.05, 3.63) is 41.5 Å². The number of hydrogen-bond donors (Lipinski definition) is 0. The smallest absolute Gasteiger partial charge is 0.232 e. The third-order valence-corrected chi connectivity index (χ3v) is 4.50. The van der Waals surface area contributed by atoms with E-state index in [9.17, 15) is 4.79 Å². The lowest BCUT2D eigenvalue weighted by Gasteiger charge is -2.16. The molecule has 6 nitrogen and oxygen atoms in total. The lowest BCUT2D eigenvalue weighted by Crippen LogP contribution is -2.24. The zero-order valence-electron chi connectivity index (χ0n) is 13.1. The SMILES string of the molecule is COc1ccc(CN2CC(c3nc(C4CC4)no3)CC2=O)cc1. The van der Waals surface area contributed by atoms with Crippen molar-refractivity contribution in [1.82, 2.24) is 15.0 Å². The van der Waals surface area contributed by atoms with Crippen LogP contribution >= 0.6 is 0 Å². The van der Waals surface area contributed by atoms with Gasteiger partial charge in [-0.3, -0.25) is 4.79 Å². The predicted octanol–water partition coefficient (Wildman–Crippen LogP) is 2.47. The molecule has 6 heteroatoms. The number of ether oxygens (including phenoxy) is 1. The molecule has 2 aliphatic rings. The van der Waals surface area contributed by atoms with E-state index in [4.69, 9.17) is 9.26 Å². The van der Waals surface area contributed by atoms with Gasteiger partial charge in [-0.2, -0.15) is 4.98 Å². The molecular formula is C17H19N3O3. The molecule has 23 heavy (non-hydrogen) atoms. The minimum absolute atomic E-state index is 0.0146. The van der Waals surface area contributed by atoms with E-state index in [1.165, 1.54) is 0 Å². The number of carbonyl (C=O) groups excluding carboxylic acids is 1. The molecule has 1 aromatic carbocycles. The van der Waals surface area contributed by atoms with E-state index in [1.807, 2.05) is 29.2 Å². The first-order valence-corrected chi connectivity index (χ1v) is 7.97. The zero-order chi connectivity index (χ0) is 15.8. The Morgan fingerprint density at radius 2 is 2.04 bits per heavy atom. The molecule has 1 saturated heterocycles. The van der Waals surface area contributed by atoms with Crippen LogP contribution in [0.15, 0.2) is 28.8 Å². The fraction of sp³-hybridized carbons (Fsp3) is 0.471. The highest BCUT2D eigenvalue weighted by Gasteiger charge is 2.36. The molecule has 2 fully saturated rings. The summed E-state index contributed by atoms with van der Waals surface area (Å²) in [4.78, 5) is 18.6. The second kappa shape index (κ2) is 5.68. The van der Waals surface area contributed by atoms with Crippen LogP contribution in [0.1, 0.15) is 48.4 Å². The van der Waals surface area contributed by atoms with E-state index in [-0.39, 0.29) is 11.8 Å². The minimum Gasteiger partial charge on any atom is -0.497 e. The number of aromatic nitrogens is 2. The van der Waals surface area contributed by atoms with Gasteiger partial charge in [0.2, 0.25) is 11.8 Å². The van der Waals surface area contributed by atoms with Crippen molar-refractivity contribution in [2.24, 2.45) is 0 Å². The van der Waals surface area contributed by atoms with Crippen LogP contribution in [-0.4, -0.2) is 34.6 Å². The summed E-state index contributed by atoms with van der Waals surface area (Å²) in [6.07, 6.45) is 2.74. The Kier molecular flexibility index (Phi) is 3.52. The van der Waals surface area contributed by atoms with Crippen molar-refractivity contribution >= 4 is 5.91 Å². The molecule has 1 aromatic heterocycles. The van der Waals surface area contributed by atoms with Gasteiger partial charge in [0.05, 0.1) is 13.0 Å². The van der Waals surface area contributed by atoms with Crippen molar-refractivity contribution in [2.75, 3.05) is 13.7 Å². The summed E-state index contributed by atoms with van der Waals surface area (Å²) in [5.74, 6) is 2.86. The summed E-state index contributed by atoms with van der Waals surface area (Å²) in [5.41, 5.74) is 1.09. The lowest BCUT2D eigenvalue weighted by atomic mass is 10.1. The summed E-state index contributed by atoms with van der Waals surface area (Å²) in [5, 5.41) is 4.05. The molecule has 4 rings (SSSR count). The number of amides is 1. The second-order valence-electron chi connectivity index (χ2n) is 6.29. The Morgan fingerprint density at radius 1 is 1.26 bits per heavy atom. The predicted molar refractivity (Wildman–Crippen MR) is 82.0 cm³/mol. The quantitative estimate of drug-likeness (QED) is 0.848. The first kappa shape index (κ1) is 14.2. The molecule has 0 N–H and O–H groups in total. The Balaban J connectivity index is 1.42. The van der Waals surface area contributed by atoms with E-state index in [0.717, 1.165) is 30.0 Å². The van der Waals surface area contributed by atoms with Crippen molar-refractivity contribution in [3.63, 3.8) is 0 Å². The zero-order valence-corrected chi connectivity index (χ0v) is 13.1.